The zero-order chi connectivity index (χ0) is 11.8. The Bertz CT molecular complexity index is 680. The standard InChI is InChI=1S/C15H14N2/c1-11-7-3-4-8-13(11)15-12(2)17-10-6-5-9-14(17)16-15/h3-10H,1-2H3. The van der Waals surface area contributed by atoms with Crippen LogP contribution < -0.4 is 0 Å². The van der Waals surface area contributed by atoms with Crippen LogP contribution >= 0.6 is 0 Å². The lowest BCUT2D eigenvalue weighted by Gasteiger charge is -2.03. The maximum Gasteiger partial charge on any atom is 0.137 e. The Morgan fingerprint density at radius 1 is 0.941 bits per heavy atom. The number of aromatic nitrogens is 2. The SMILES string of the molecule is Cc1ccccc1-c1nc2ccccn2c1C. The molecule has 3 aromatic rings. The van der Waals surface area contributed by atoms with E-state index in [0.717, 1.165) is 11.3 Å². The van der Waals surface area contributed by atoms with Crippen LogP contribution in [0.5, 0.6) is 0 Å². The molecule has 0 aliphatic carbocycles. The molecule has 2 aromatic heterocycles. The predicted octanol–water partition coefficient (Wildman–Crippen LogP) is 3.62. The van der Waals surface area contributed by atoms with E-state index in [1.807, 2.05) is 18.2 Å². The lowest BCUT2D eigenvalue weighted by molar-refractivity contribution is 1.11. The zero-order valence-corrected chi connectivity index (χ0v) is 10.0. The molecule has 0 N–H and O–H groups in total. The van der Waals surface area contributed by atoms with Crippen LogP contribution in [0.2, 0.25) is 0 Å². The van der Waals surface area contributed by atoms with Gasteiger partial charge in [-0.1, -0.05) is 30.3 Å². The first-order valence-corrected chi connectivity index (χ1v) is 5.77. The summed E-state index contributed by atoms with van der Waals surface area (Å²) in [5.41, 5.74) is 5.75. The van der Waals surface area contributed by atoms with Gasteiger partial charge in [0.1, 0.15) is 5.65 Å². The Balaban J connectivity index is 2.32. The van der Waals surface area contributed by atoms with Gasteiger partial charge < -0.3 is 4.40 Å². The summed E-state index contributed by atoms with van der Waals surface area (Å²) in [6.45, 7) is 4.24. The van der Waals surface area contributed by atoms with E-state index in [-0.39, 0.29) is 0 Å². The van der Waals surface area contributed by atoms with Gasteiger partial charge in [-0.05, 0) is 31.5 Å². The van der Waals surface area contributed by atoms with Crippen molar-refractivity contribution >= 4 is 5.65 Å². The van der Waals surface area contributed by atoms with Gasteiger partial charge in [-0.25, -0.2) is 4.98 Å². The van der Waals surface area contributed by atoms with E-state index in [2.05, 4.69) is 48.7 Å². The topological polar surface area (TPSA) is 17.3 Å². The third kappa shape index (κ3) is 1.53. The highest BCUT2D eigenvalue weighted by Gasteiger charge is 2.10. The number of pyridine rings is 1. The van der Waals surface area contributed by atoms with Crippen molar-refractivity contribution < 1.29 is 0 Å². The highest BCUT2D eigenvalue weighted by molar-refractivity contribution is 5.69. The molecule has 0 spiro atoms. The Morgan fingerprint density at radius 2 is 1.71 bits per heavy atom. The molecule has 0 bridgehead atoms. The second-order valence-electron chi connectivity index (χ2n) is 4.29. The number of hydrogen-bond acceptors (Lipinski definition) is 1. The van der Waals surface area contributed by atoms with Crippen molar-refractivity contribution in [1.29, 1.82) is 0 Å². The quantitative estimate of drug-likeness (QED) is 0.614. The van der Waals surface area contributed by atoms with Crippen LogP contribution in [-0.4, -0.2) is 9.38 Å². The number of fused-ring (bicyclic) bond motifs is 1. The van der Waals surface area contributed by atoms with Gasteiger partial charge >= 0.3 is 0 Å². The van der Waals surface area contributed by atoms with E-state index in [0.29, 0.717) is 0 Å². The first-order valence-electron chi connectivity index (χ1n) is 5.77. The predicted molar refractivity (Wildman–Crippen MR) is 70.1 cm³/mol. The lowest BCUT2D eigenvalue weighted by atomic mass is 10.1. The van der Waals surface area contributed by atoms with Gasteiger partial charge in [0.25, 0.3) is 0 Å². The first kappa shape index (κ1) is 10.1. The average Bonchev–Trinajstić information content (AvgIpc) is 2.68. The molecule has 84 valence electrons. The fraction of sp³-hybridized carbons (Fsp3) is 0.133. The lowest BCUT2D eigenvalue weighted by Crippen LogP contribution is -1.87. The molecule has 2 heteroatoms. The van der Waals surface area contributed by atoms with Crippen molar-refractivity contribution in [3.8, 4) is 11.3 Å². The highest BCUT2D eigenvalue weighted by atomic mass is 15.0. The molecule has 0 fully saturated rings. The Hall–Kier alpha value is -2.09. The van der Waals surface area contributed by atoms with Gasteiger partial charge in [0.2, 0.25) is 0 Å². The number of aryl methyl sites for hydroxylation is 2. The van der Waals surface area contributed by atoms with Crippen LogP contribution in [-0.2, 0) is 0 Å². The van der Waals surface area contributed by atoms with E-state index in [1.165, 1.54) is 16.8 Å². The van der Waals surface area contributed by atoms with Gasteiger partial charge in [0.15, 0.2) is 0 Å². The van der Waals surface area contributed by atoms with Gasteiger partial charge in [-0.3, -0.25) is 0 Å². The van der Waals surface area contributed by atoms with Crippen molar-refractivity contribution in [2.24, 2.45) is 0 Å². The van der Waals surface area contributed by atoms with E-state index >= 15 is 0 Å². The molecule has 2 heterocycles. The fourth-order valence-corrected chi connectivity index (χ4v) is 2.21. The summed E-state index contributed by atoms with van der Waals surface area (Å²) in [4.78, 5) is 4.71. The number of rotatable bonds is 1. The van der Waals surface area contributed by atoms with Crippen molar-refractivity contribution in [3.63, 3.8) is 0 Å². The van der Waals surface area contributed by atoms with Gasteiger partial charge in [0, 0.05) is 17.5 Å². The van der Waals surface area contributed by atoms with Crippen molar-refractivity contribution in [2.75, 3.05) is 0 Å². The molecule has 0 unspecified atom stereocenters. The molecule has 3 rings (SSSR count). The molecule has 0 saturated carbocycles. The van der Waals surface area contributed by atoms with Crippen LogP contribution in [0.4, 0.5) is 0 Å². The summed E-state index contributed by atoms with van der Waals surface area (Å²) in [6, 6.07) is 14.5. The van der Waals surface area contributed by atoms with Crippen LogP contribution in [0.15, 0.2) is 48.7 Å². The molecule has 17 heavy (non-hydrogen) atoms. The van der Waals surface area contributed by atoms with Crippen LogP contribution in [0, 0.1) is 13.8 Å². The summed E-state index contributed by atoms with van der Waals surface area (Å²) in [6.07, 6.45) is 2.06. The number of nitrogens with zero attached hydrogens (tertiary/aromatic N) is 2. The van der Waals surface area contributed by atoms with E-state index < -0.39 is 0 Å². The number of benzene rings is 1. The first-order chi connectivity index (χ1) is 8.27. The molecule has 0 amide bonds. The molecular weight excluding hydrogens is 208 g/mol. The summed E-state index contributed by atoms with van der Waals surface area (Å²) in [5.74, 6) is 0. The normalized spacial score (nSPS) is 10.9. The molecule has 1 aromatic carbocycles. The van der Waals surface area contributed by atoms with Crippen molar-refractivity contribution in [2.45, 2.75) is 13.8 Å². The Morgan fingerprint density at radius 3 is 2.47 bits per heavy atom. The smallest absolute Gasteiger partial charge is 0.137 e. The summed E-state index contributed by atoms with van der Waals surface area (Å²) in [7, 11) is 0. The average molecular weight is 222 g/mol. The van der Waals surface area contributed by atoms with E-state index in [4.69, 9.17) is 4.98 Å². The Labute approximate surface area is 101 Å². The third-order valence-corrected chi connectivity index (χ3v) is 3.17. The van der Waals surface area contributed by atoms with E-state index in [1.54, 1.807) is 0 Å². The molecule has 0 saturated heterocycles. The monoisotopic (exact) mass is 222 g/mol. The minimum atomic E-state index is 1.00. The molecule has 0 aliphatic rings. The van der Waals surface area contributed by atoms with Crippen LogP contribution in [0.3, 0.4) is 0 Å². The van der Waals surface area contributed by atoms with Gasteiger partial charge in [0.05, 0.1) is 5.69 Å². The van der Waals surface area contributed by atoms with Crippen LogP contribution in [0.25, 0.3) is 16.9 Å². The largest absolute Gasteiger partial charge is 0.304 e. The number of hydrogen-bond donors (Lipinski definition) is 0. The maximum absolute atomic E-state index is 4.71. The van der Waals surface area contributed by atoms with E-state index in [9.17, 15) is 0 Å². The molecule has 0 atom stereocenters. The fourth-order valence-electron chi connectivity index (χ4n) is 2.21. The summed E-state index contributed by atoms with van der Waals surface area (Å²) >= 11 is 0. The summed E-state index contributed by atoms with van der Waals surface area (Å²) in [5, 5.41) is 0. The third-order valence-electron chi connectivity index (χ3n) is 3.17. The minimum Gasteiger partial charge on any atom is -0.304 e. The zero-order valence-electron chi connectivity index (χ0n) is 10.0. The number of imidazole rings is 1. The second-order valence-corrected chi connectivity index (χ2v) is 4.29. The maximum atomic E-state index is 4.71. The Kier molecular flexibility index (Phi) is 2.22. The summed E-state index contributed by atoms with van der Waals surface area (Å²) < 4.78 is 2.13. The molecule has 2 nitrogen and oxygen atoms in total. The minimum absolute atomic E-state index is 1.00. The van der Waals surface area contributed by atoms with Crippen LogP contribution in [0.1, 0.15) is 11.3 Å². The van der Waals surface area contributed by atoms with Crippen molar-refractivity contribution in [1.82, 2.24) is 9.38 Å². The van der Waals surface area contributed by atoms with Crippen molar-refractivity contribution in [3.05, 3.63) is 59.9 Å². The molecule has 0 radical (unpaired) electrons. The van der Waals surface area contributed by atoms with Gasteiger partial charge in [-0.15, -0.1) is 0 Å². The molecular formula is C15H14N2. The second kappa shape index (κ2) is 3.74. The molecule has 0 aliphatic heterocycles. The van der Waals surface area contributed by atoms with Gasteiger partial charge in [-0.2, -0.15) is 0 Å². The highest BCUT2D eigenvalue weighted by Crippen LogP contribution is 2.26.